The van der Waals surface area contributed by atoms with Crippen LogP contribution in [0.15, 0.2) is 54.6 Å². The molecule has 7 heteroatoms. The maximum absolute atomic E-state index is 13.7. The molecule has 0 atom stereocenters. The minimum atomic E-state index is 0.147. The van der Waals surface area contributed by atoms with Crippen molar-refractivity contribution in [3.05, 3.63) is 60.2 Å². The van der Waals surface area contributed by atoms with Gasteiger partial charge in [0.15, 0.2) is 5.78 Å². The number of morpholine rings is 1. The topological polar surface area (TPSA) is 58.0 Å². The van der Waals surface area contributed by atoms with Gasteiger partial charge in [0.05, 0.1) is 37.6 Å². The average Bonchev–Trinajstić information content (AvgIpc) is 3.19. The third-order valence-corrected chi connectivity index (χ3v) is 6.99. The van der Waals surface area contributed by atoms with E-state index in [4.69, 9.17) is 4.74 Å². The summed E-state index contributed by atoms with van der Waals surface area (Å²) in [5.74, 6) is 0.324. The minimum absolute atomic E-state index is 0.147. The van der Waals surface area contributed by atoms with Crippen molar-refractivity contribution in [1.82, 2.24) is 19.3 Å². The smallest absolute Gasteiger partial charge is 0.236 e. The molecule has 0 spiro atoms. The number of aryl methyl sites for hydroxylation is 1. The molecule has 1 amide bonds. The Morgan fingerprint density at radius 2 is 1.41 bits per heavy atom. The van der Waals surface area contributed by atoms with Crippen LogP contribution < -0.4 is 0 Å². The second-order valence-electron chi connectivity index (χ2n) is 9.13. The highest BCUT2D eigenvalue weighted by Gasteiger charge is 2.27. The standard InChI is InChI=1S/C27H32N4O3/c1-28-23-10-6-5-9-22(23)26(27(28)21-7-3-2-4-8-21)24(32)19-29-11-13-30(14-12-29)20-25(33)31-15-17-34-18-16-31/h2-10H,11-20H2,1H3. The fraction of sp³-hybridized carbons (Fsp3) is 0.407. The van der Waals surface area contributed by atoms with Gasteiger partial charge in [-0.05, 0) is 11.6 Å². The van der Waals surface area contributed by atoms with Crippen LogP contribution in [0.2, 0.25) is 0 Å². The first-order valence-electron chi connectivity index (χ1n) is 12.1. The zero-order valence-corrected chi connectivity index (χ0v) is 19.8. The molecular formula is C27H32N4O3. The SMILES string of the molecule is Cn1c(-c2ccccc2)c(C(=O)CN2CCN(CC(=O)N3CCOCC3)CC2)c2ccccc21. The second kappa shape index (κ2) is 10.1. The second-order valence-corrected chi connectivity index (χ2v) is 9.13. The molecule has 0 radical (unpaired) electrons. The van der Waals surface area contributed by atoms with Crippen LogP contribution in [0.1, 0.15) is 10.4 Å². The number of rotatable bonds is 6. The van der Waals surface area contributed by atoms with Gasteiger partial charge < -0.3 is 14.2 Å². The average molecular weight is 461 g/mol. The number of hydrogen-bond donors (Lipinski definition) is 0. The summed E-state index contributed by atoms with van der Waals surface area (Å²) in [5, 5.41) is 1.00. The Morgan fingerprint density at radius 3 is 2.12 bits per heavy atom. The zero-order chi connectivity index (χ0) is 23.5. The maximum atomic E-state index is 13.7. The maximum Gasteiger partial charge on any atom is 0.236 e. The van der Waals surface area contributed by atoms with Gasteiger partial charge >= 0.3 is 0 Å². The summed E-state index contributed by atoms with van der Waals surface area (Å²) >= 11 is 0. The minimum Gasteiger partial charge on any atom is -0.378 e. The van der Waals surface area contributed by atoms with Crippen molar-refractivity contribution < 1.29 is 14.3 Å². The number of amides is 1. The normalized spacial score (nSPS) is 17.9. The Morgan fingerprint density at radius 1 is 0.794 bits per heavy atom. The van der Waals surface area contributed by atoms with Gasteiger partial charge in [0.25, 0.3) is 0 Å². The molecule has 34 heavy (non-hydrogen) atoms. The molecule has 2 fully saturated rings. The summed E-state index contributed by atoms with van der Waals surface area (Å²) in [6.07, 6.45) is 0. The lowest BCUT2D eigenvalue weighted by Crippen LogP contribution is -2.52. The molecule has 2 aliphatic rings. The monoisotopic (exact) mass is 460 g/mol. The van der Waals surface area contributed by atoms with Crippen LogP contribution >= 0.6 is 0 Å². The number of carbonyl (C=O) groups is 2. The number of para-hydroxylation sites is 1. The summed E-state index contributed by atoms with van der Waals surface area (Å²) in [6.45, 7) is 6.62. The number of carbonyl (C=O) groups excluding carboxylic acids is 2. The number of ketones is 1. The highest BCUT2D eigenvalue weighted by Crippen LogP contribution is 2.33. The molecule has 3 aromatic rings. The van der Waals surface area contributed by atoms with Gasteiger partial charge in [0.1, 0.15) is 0 Å². The number of hydrogen-bond acceptors (Lipinski definition) is 5. The van der Waals surface area contributed by atoms with Crippen molar-refractivity contribution >= 4 is 22.6 Å². The lowest BCUT2D eigenvalue weighted by atomic mass is 10.0. The van der Waals surface area contributed by atoms with E-state index in [1.807, 2.05) is 48.3 Å². The summed E-state index contributed by atoms with van der Waals surface area (Å²) < 4.78 is 7.48. The van der Waals surface area contributed by atoms with Crippen LogP contribution in [0.5, 0.6) is 0 Å². The molecule has 0 bridgehead atoms. The number of fused-ring (bicyclic) bond motifs is 1. The fourth-order valence-electron chi connectivity index (χ4n) is 5.10. The van der Waals surface area contributed by atoms with Gasteiger partial charge in [-0.1, -0.05) is 48.5 Å². The largest absolute Gasteiger partial charge is 0.378 e. The van der Waals surface area contributed by atoms with Crippen LogP contribution in [0.3, 0.4) is 0 Å². The van der Waals surface area contributed by atoms with E-state index in [2.05, 4.69) is 32.6 Å². The Kier molecular flexibility index (Phi) is 6.76. The Labute approximate surface area is 200 Å². The van der Waals surface area contributed by atoms with E-state index in [0.29, 0.717) is 39.4 Å². The van der Waals surface area contributed by atoms with Crippen LogP contribution in [0, 0.1) is 0 Å². The van der Waals surface area contributed by atoms with E-state index < -0.39 is 0 Å². The van der Waals surface area contributed by atoms with Gasteiger partial charge in [-0.3, -0.25) is 19.4 Å². The Balaban J connectivity index is 1.27. The first-order chi connectivity index (χ1) is 16.6. The van der Waals surface area contributed by atoms with Gasteiger partial charge in [-0.15, -0.1) is 0 Å². The highest BCUT2D eigenvalue weighted by molar-refractivity contribution is 6.14. The van der Waals surface area contributed by atoms with E-state index in [-0.39, 0.29) is 11.7 Å². The zero-order valence-electron chi connectivity index (χ0n) is 19.8. The molecule has 0 saturated carbocycles. The molecule has 2 aliphatic heterocycles. The molecule has 3 heterocycles. The number of aromatic nitrogens is 1. The fourth-order valence-corrected chi connectivity index (χ4v) is 5.10. The van der Waals surface area contributed by atoms with Crippen LogP contribution in [0.4, 0.5) is 0 Å². The van der Waals surface area contributed by atoms with Gasteiger partial charge in [-0.25, -0.2) is 0 Å². The first kappa shape index (κ1) is 22.8. The van der Waals surface area contributed by atoms with Gasteiger partial charge in [0.2, 0.25) is 5.91 Å². The van der Waals surface area contributed by atoms with E-state index in [1.54, 1.807) is 0 Å². The van der Waals surface area contributed by atoms with Crippen molar-refractivity contribution in [1.29, 1.82) is 0 Å². The van der Waals surface area contributed by atoms with Crippen LogP contribution in [0.25, 0.3) is 22.2 Å². The summed E-state index contributed by atoms with van der Waals surface area (Å²) in [4.78, 5) is 32.5. The van der Waals surface area contributed by atoms with E-state index in [0.717, 1.165) is 53.9 Å². The molecule has 2 saturated heterocycles. The van der Waals surface area contributed by atoms with E-state index in [1.165, 1.54) is 0 Å². The van der Waals surface area contributed by atoms with Crippen molar-refractivity contribution in [3.8, 4) is 11.3 Å². The molecule has 0 unspecified atom stereocenters. The summed E-state index contributed by atoms with van der Waals surface area (Å²) in [6, 6.07) is 18.3. The first-order valence-corrected chi connectivity index (χ1v) is 12.1. The van der Waals surface area contributed by atoms with Crippen molar-refractivity contribution in [3.63, 3.8) is 0 Å². The number of Topliss-reactive ketones (excluding diaryl/α,β-unsaturated/α-hetero) is 1. The molecule has 2 aromatic carbocycles. The summed E-state index contributed by atoms with van der Waals surface area (Å²) in [5.41, 5.74) is 3.89. The molecular weight excluding hydrogens is 428 g/mol. The number of nitrogens with zero attached hydrogens (tertiary/aromatic N) is 4. The molecule has 0 N–H and O–H groups in total. The van der Waals surface area contributed by atoms with Gasteiger partial charge in [0, 0.05) is 57.2 Å². The van der Waals surface area contributed by atoms with E-state index >= 15 is 0 Å². The van der Waals surface area contributed by atoms with Crippen molar-refractivity contribution in [2.45, 2.75) is 0 Å². The molecule has 178 valence electrons. The Bertz CT molecular complexity index is 1160. The lowest BCUT2D eigenvalue weighted by molar-refractivity contribution is -0.136. The molecule has 0 aliphatic carbocycles. The third kappa shape index (κ3) is 4.64. The Hall–Kier alpha value is -3.00. The van der Waals surface area contributed by atoms with Crippen LogP contribution in [-0.2, 0) is 16.6 Å². The van der Waals surface area contributed by atoms with E-state index in [9.17, 15) is 9.59 Å². The lowest BCUT2D eigenvalue weighted by Gasteiger charge is -2.35. The van der Waals surface area contributed by atoms with Crippen molar-refractivity contribution in [2.24, 2.45) is 7.05 Å². The number of benzene rings is 2. The number of piperazine rings is 1. The predicted octanol–water partition coefficient (Wildman–Crippen LogP) is 2.50. The van der Waals surface area contributed by atoms with Crippen molar-refractivity contribution in [2.75, 3.05) is 65.6 Å². The summed E-state index contributed by atoms with van der Waals surface area (Å²) in [7, 11) is 2.03. The number of ether oxygens (including phenoxy) is 1. The highest BCUT2D eigenvalue weighted by atomic mass is 16.5. The third-order valence-electron chi connectivity index (χ3n) is 6.99. The molecule has 7 nitrogen and oxygen atoms in total. The quantitative estimate of drug-likeness (QED) is 0.529. The predicted molar refractivity (Wildman–Crippen MR) is 133 cm³/mol. The van der Waals surface area contributed by atoms with Gasteiger partial charge in [-0.2, -0.15) is 0 Å². The molecule has 5 rings (SSSR count). The van der Waals surface area contributed by atoms with Crippen LogP contribution in [-0.4, -0.2) is 96.5 Å². The molecule has 1 aromatic heterocycles.